The van der Waals surface area contributed by atoms with Crippen molar-refractivity contribution in [2.45, 2.75) is 49.6 Å². The van der Waals surface area contributed by atoms with Gasteiger partial charge in [-0.15, -0.1) is 0 Å². The molecule has 2 saturated carbocycles. The maximum Gasteiger partial charge on any atom is 0.248 e. The van der Waals surface area contributed by atoms with Crippen LogP contribution in [-0.4, -0.2) is 70.8 Å². The van der Waals surface area contributed by atoms with Crippen LogP contribution in [-0.2, 0) is 9.59 Å². The van der Waals surface area contributed by atoms with Crippen molar-refractivity contribution >= 4 is 11.8 Å². The Morgan fingerprint density at radius 3 is 2.20 bits per heavy atom. The second-order valence-corrected chi connectivity index (χ2v) is 6.94. The van der Waals surface area contributed by atoms with Gasteiger partial charge in [-0.05, 0) is 45.6 Å². The molecule has 110 valence electrons. The van der Waals surface area contributed by atoms with Crippen LogP contribution in [0.25, 0.3) is 0 Å². The van der Waals surface area contributed by atoms with Crippen molar-refractivity contribution < 1.29 is 9.59 Å². The molecule has 20 heavy (non-hydrogen) atoms. The van der Waals surface area contributed by atoms with Crippen molar-refractivity contribution in [2.24, 2.45) is 0 Å². The molecule has 0 unspecified atom stereocenters. The topological polar surface area (TPSA) is 43.9 Å². The predicted molar refractivity (Wildman–Crippen MR) is 74.1 cm³/mol. The number of carbonyl (C=O) groups excluding carboxylic acids is 2. The molecule has 2 aliphatic heterocycles. The van der Waals surface area contributed by atoms with E-state index in [-0.39, 0.29) is 17.4 Å². The molecule has 0 radical (unpaired) electrons. The highest BCUT2D eigenvalue weighted by Gasteiger charge is 2.65. The summed E-state index contributed by atoms with van der Waals surface area (Å²) in [4.78, 5) is 31.8. The van der Waals surface area contributed by atoms with E-state index in [0.717, 1.165) is 64.7 Å². The lowest BCUT2D eigenvalue weighted by molar-refractivity contribution is -0.155. The fraction of sp³-hybridized carbons (Fsp3) is 0.867. The van der Waals surface area contributed by atoms with Gasteiger partial charge in [-0.3, -0.25) is 14.5 Å². The van der Waals surface area contributed by atoms with Gasteiger partial charge >= 0.3 is 0 Å². The van der Waals surface area contributed by atoms with Crippen molar-refractivity contribution in [3.63, 3.8) is 0 Å². The average Bonchev–Trinajstić information content (AvgIpc) is 3.35. The highest BCUT2D eigenvalue weighted by atomic mass is 16.2. The highest BCUT2D eigenvalue weighted by molar-refractivity contribution is 5.98. The zero-order valence-corrected chi connectivity index (χ0v) is 12.2. The van der Waals surface area contributed by atoms with Gasteiger partial charge in [0.25, 0.3) is 0 Å². The third-order valence-electron chi connectivity index (χ3n) is 5.79. The summed E-state index contributed by atoms with van der Waals surface area (Å²) in [6.07, 6.45) is 5.90. The summed E-state index contributed by atoms with van der Waals surface area (Å²) in [5.41, 5.74) is -0.711. The van der Waals surface area contributed by atoms with Crippen molar-refractivity contribution in [3.8, 4) is 0 Å². The molecule has 5 nitrogen and oxygen atoms in total. The molecule has 0 aromatic carbocycles. The van der Waals surface area contributed by atoms with Crippen LogP contribution in [0.5, 0.6) is 0 Å². The van der Waals surface area contributed by atoms with E-state index in [9.17, 15) is 9.59 Å². The van der Waals surface area contributed by atoms with Crippen molar-refractivity contribution in [1.29, 1.82) is 0 Å². The number of carbonyl (C=O) groups is 2. The summed E-state index contributed by atoms with van der Waals surface area (Å²) >= 11 is 0. The minimum absolute atomic E-state index is 0.219. The van der Waals surface area contributed by atoms with Gasteiger partial charge < -0.3 is 9.80 Å². The number of likely N-dealkylation sites (tertiary alicyclic amines) is 1. The summed E-state index contributed by atoms with van der Waals surface area (Å²) in [6.45, 7) is 3.39. The largest absolute Gasteiger partial charge is 0.341 e. The van der Waals surface area contributed by atoms with Gasteiger partial charge in [-0.25, -0.2) is 0 Å². The molecule has 0 bridgehead atoms. The normalized spacial score (nSPS) is 30.9. The summed E-state index contributed by atoms with van der Waals surface area (Å²) in [5.74, 6) is 0.444. The van der Waals surface area contributed by atoms with Crippen LogP contribution in [0.4, 0.5) is 0 Å². The van der Waals surface area contributed by atoms with Gasteiger partial charge in [-0.1, -0.05) is 0 Å². The Bertz CT molecular complexity index is 462. The molecule has 4 fully saturated rings. The molecule has 1 spiro atoms. The number of rotatable bonds is 2. The van der Waals surface area contributed by atoms with Gasteiger partial charge in [0.15, 0.2) is 0 Å². The van der Waals surface area contributed by atoms with E-state index >= 15 is 0 Å². The standard InChI is InChI=1S/C15H23N3O2/c1-16-10-11-18(13(20)14(16)4-5-14)15(6-7-15)12(19)17-8-2-3-9-17/h2-11H2,1H3. The molecule has 2 amide bonds. The Labute approximate surface area is 119 Å². The Balaban J connectivity index is 1.57. The van der Waals surface area contributed by atoms with Crippen LogP contribution >= 0.6 is 0 Å². The molecule has 2 aliphatic carbocycles. The number of piperazine rings is 1. The van der Waals surface area contributed by atoms with Gasteiger partial charge in [0.05, 0.1) is 0 Å². The molecule has 0 aromatic heterocycles. The molecule has 4 rings (SSSR count). The van der Waals surface area contributed by atoms with Crippen LogP contribution in [0, 0.1) is 0 Å². The molecule has 0 aromatic rings. The van der Waals surface area contributed by atoms with Crippen LogP contribution in [0.2, 0.25) is 0 Å². The molecule has 0 N–H and O–H groups in total. The zero-order chi connectivity index (χ0) is 14.0. The fourth-order valence-corrected chi connectivity index (χ4v) is 4.03. The van der Waals surface area contributed by atoms with Gasteiger partial charge in [0.1, 0.15) is 11.1 Å². The lowest BCUT2D eigenvalue weighted by Gasteiger charge is -2.43. The molecule has 0 atom stereocenters. The van der Waals surface area contributed by atoms with E-state index in [2.05, 4.69) is 4.90 Å². The number of nitrogens with zero attached hydrogens (tertiary/aromatic N) is 3. The number of amides is 2. The zero-order valence-electron chi connectivity index (χ0n) is 12.2. The third kappa shape index (κ3) is 1.53. The highest BCUT2D eigenvalue weighted by Crippen LogP contribution is 2.51. The first-order chi connectivity index (χ1) is 9.60. The fourth-order valence-electron chi connectivity index (χ4n) is 4.03. The quantitative estimate of drug-likeness (QED) is 0.736. The van der Waals surface area contributed by atoms with E-state index in [1.54, 1.807) is 0 Å². The monoisotopic (exact) mass is 277 g/mol. The maximum atomic E-state index is 12.8. The summed E-state index contributed by atoms with van der Waals surface area (Å²) in [5, 5.41) is 0. The molecule has 2 saturated heterocycles. The Hall–Kier alpha value is -1.10. The van der Waals surface area contributed by atoms with Gasteiger partial charge in [0.2, 0.25) is 11.8 Å². The number of likely N-dealkylation sites (N-methyl/N-ethyl adjacent to an activating group) is 1. The van der Waals surface area contributed by atoms with Crippen LogP contribution in [0.3, 0.4) is 0 Å². The smallest absolute Gasteiger partial charge is 0.248 e. The molecule has 5 heteroatoms. The number of hydrogen-bond acceptors (Lipinski definition) is 3. The van der Waals surface area contributed by atoms with E-state index < -0.39 is 5.54 Å². The first-order valence-corrected chi connectivity index (χ1v) is 7.93. The second-order valence-electron chi connectivity index (χ2n) is 6.94. The predicted octanol–water partition coefficient (Wildman–Crippen LogP) is 0.448. The average molecular weight is 277 g/mol. The second kappa shape index (κ2) is 3.97. The maximum absolute atomic E-state index is 12.8. The van der Waals surface area contributed by atoms with E-state index in [1.807, 2.05) is 16.8 Å². The third-order valence-corrected chi connectivity index (χ3v) is 5.79. The van der Waals surface area contributed by atoms with Crippen molar-refractivity contribution in [2.75, 3.05) is 33.2 Å². The number of hydrogen-bond donors (Lipinski definition) is 0. The summed E-state index contributed by atoms with van der Waals surface area (Å²) < 4.78 is 0. The molecular formula is C15H23N3O2. The van der Waals surface area contributed by atoms with Crippen LogP contribution in [0.15, 0.2) is 0 Å². The first kappa shape index (κ1) is 12.6. The molecular weight excluding hydrogens is 254 g/mol. The summed E-state index contributed by atoms with van der Waals surface area (Å²) in [7, 11) is 2.05. The van der Waals surface area contributed by atoms with Gasteiger partial charge in [-0.2, -0.15) is 0 Å². The Morgan fingerprint density at radius 2 is 1.65 bits per heavy atom. The van der Waals surface area contributed by atoms with Crippen LogP contribution in [0.1, 0.15) is 38.5 Å². The molecule has 2 heterocycles. The van der Waals surface area contributed by atoms with Crippen molar-refractivity contribution in [1.82, 2.24) is 14.7 Å². The minimum atomic E-state index is -0.460. The SMILES string of the molecule is CN1CCN(C2(C(=O)N3CCCC3)CC2)C(=O)C12CC2. The molecule has 4 aliphatic rings. The van der Waals surface area contributed by atoms with E-state index in [4.69, 9.17) is 0 Å². The van der Waals surface area contributed by atoms with Gasteiger partial charge in [0, 0.05) is 26.2 Å². The Kier molecular flexibility index (Phi) is 2.50. The Morgan fingerprint density at radius 1 is 1.00 bits per heavy atom. The first-order valence-electron chi connectivity index (χ1n) is 7.93. The lowest BCUT2D eigenvalue weighted by Crippen LogP contribution is -2.64. The van der Waals surface area contributed by atoms with E-state index in [0.29, 0.717) is 0 Å². The lowest BCUT2D eigenvalue weighted by atomic mass is 10.0. The summed E-state index contributed by atoms with van der Waals surface area (Å²) in [6, 6.07) is 0. The van der Waals surface area contributed by atoms with Crippen molar-refractivity contribution in [3.05, 3.63) is 0 Å². The van der Waals surface area contributed by atoms with Crippen LogP contribution < -0.4 is 0 Å². The minimum Gasteiger partial charge on any atom is -0.341 e. The van der Waals surface area contributed by atoms with E-state index in [1.165, 1.54) is 0 Å².